The van der Waals surface area contributed by atoms with Gasteiger partial charge in [0, 0.05) is 17.1 Å². The van der Waals surface area contributed by atoms with Gasteiger partial charge in [-0.25, -0.2) is 8.42 Å². The number of methoxy groups -OCH3 is 1. The zero-order chi connectivity index (χ0) is 29.6. The summed E-state index contributed by atoms with van der Waals surface area (Å²) in [6.45, 7) is 3.16. The number of nitrogens with zero attached hydrogens (tertiary/aromatic N) is 2. The summed E-state index contributed by atoms with van der Waals surface area (Å²) in [5, 5.41) is 3.08. The van der Waals surface area contributed by atoms with E-state index in [9.17, 15) is 18.0 Å². The van der Waals surface area contributed by atoms with E-state index in [0.717, 1.165) is 45.6 Å². The van der Waals surface area contributed by atoms with E-state index in [2.05, 4.69) is 21.2 Å². The maximum absolute atomic E-state index is 14.1. The van der Waals surface area contributed by atoms with Crippen LogP contribution in [-0.4, -0.2) is 50.9 Å². The van der Waals surface area contributed by atoms with Crippen LogP contribution in [0.2, 0.25) is 0 Å². The van der Waals surface area contributed by atoms with Crippen LogP contribution in [0.3, 0.4) is 0 Å². The van der Waals surface area contributed by atoms with Crippen LogP contribution in [0, 0.1) is 6.92 Å². The van der Waals surface area contributed by atoms with Crippen LogP contribution >= 0.6 is 15.9 Å². The second-order valence-electron chi connectivity index (χ2n) is 10.3. The summed E-state index contributed by atoms with van der Waals surface area (Å²) in [4.78, 5) is 29.0. The van der Waals surface area contributed by atoms with Gasteiger partial charge < -0.3 is 15.0 Å². The molecule has 1 aliphatic carbocycles. The molecule has 1 unspecified atom stereocenters. The van der Waals surface area contributed by atoms with Crippen molar-refractivity contribution in [2.24, 2.45) is 0 Å². The van der Waals surface area contributed by atoms with Gasteiger partial charge in [0.15, 0.2) is 0 Å². The maximum atomic E-state index is 14.1. The van der Waals surface area contributed by atoms with Crippen molar-refractivity contribution in [2.75, 3.05) is 18.0 Å². The molecule has 0 aliphatic heterocycles. The minimum Gasteiger partial charge on any atom is -0.495 e. The number of aryl methyl sites for hydroxylation is 1. The number of para-hydroxylation sites is 2. The first-order valence-corrected chi connectivity index (χ1v) is 15.9. The van der Waals surface area contributed by atoms with Gasteiger partial charge in [0.2, 0.25) is 11.8 Å². The number of rotatable bonds is 11. The molecule has 0 saturated heterocycles. The Morgan fingerprint density at radius 3 is 2.37 bits per heavy atom. The van der Waals surface area contributed by atoms with E-state index in [0.29, 0.717) is 5.75 Å². The van der Waals surface area contributed by atoms with Crippen molar-refractivity contribution >= 4 is 43.5 Å². The molecule has 2 amide bonds. The van der Waals surface area contributed by atoms with Crippen molar-refractivity contribution in [1.29, 1.82) is 0 Å². The monoisotopic (exact) mass is 641 g/mol. The second-order valence-corrected chi connectivity index (χ2v) is 13.1. The second kappa shape index (κ2) is 13.5. The van der Waals surface area contributed by atoms with Crippen LogP contribution in [0.5, 0.6) is 5.75 Å². The number of anilines is 1. The van der Waals surface area contributed by atoms with Gasteiger partial charge in [-0.2, -0.15) is 0 Å². The molecule has 8 nitrogen and oxygen atoms in total. The first kappa shape index (κ1) is 30.6. The minimum absolute atomic E-state index is 0.0485. The van der Waals surface area contributed by atoms with Crippen molar-refractivity contribution in [3.05, 3.63) is 88.4 Å². The Bertz CT molecular complexity index is 1470. The highest BCUT2D eigenvalue weighted by molar-refractivity contribution is 9.10. The lowest BCUT2D eigenvalue weighted by atomic mass is 10.1. The number of nitrogens with one attached hydrogen (secondary N) is 1. The van der Waals surface area contributed by atoms with E-state index in [1.54, 1.807) is 43.3 Å². The molecule has 3 aromatic carbocycles. The van der Waals surface area contributed by atoms with Gasteiger partial charge in [0.05, 0.1) is 17.7 Å². The van der Waals surface area contributed by atoms with Crippen molar-refractivity contribution in [1.82, 2.24) is 10.2 Å². The fourth-order valence-electron chi connectivity index (χ4n) is 4.99. The van der Waals surface area contributed by atoms with E-state index in [4.69, 9.17) is 4.74 Å². The Morgan fingerprint density at radius 1 is 1.02 bits per heavy atom. The summed E-state index contributed by atoms with van der Waals surface area (Å²) in [6, 6.07) is 19.9. The number of hydrogen-bond acceptors (Lipinski definition) is 5. The van der Waals surface area contributed by atoms with Gasteiger partial charge in [0.1, 0.15) is 18.3 Å². The molecule has 0 radical (unpaired) electrons. The molecule has 1 saturated carbocycles. The minimum atomic E-state index is -4.18. The highest BCUT2D eigenvalue weighted by Gasteiger charge is 2.34. The molecule has 0 heterocycles. The van der Waals surface area contributed by atoms with Crippen LogP contribution in [0.4, 0.5) is 5.69 Å². The summed E-state index contributed by atoms with van der Waals surface area (Å²) in [5.74, 6) is -0.465. The number of carbonyl (C=O) groups is 2. The Hall–Kier alpha value is -3.37. The largest absolute Gasteiger partial charge is 0.495 e. The molecular formula is C31H36BrN3O5S. The number of benzene rings is 3. The van der Waals surface area contributed by atoms with Crippen molar-refractivity contribution < 1.29 is 22.7 Å². The molecule has 4 rings (SSSR count). The zero-order valence-corrected chi connectivity index (χ0v) is 25.9. The normalized spacial score (nSPS) is 14.3. The molecule has 3 aromatic rings. The molecule has 0 bridgehead atoms. The van der Waals surface area contributed by atoms with E-state index < -0.39 is 28.5 Å². The molecule has 0 spiro atoms. The highest BCUT2D eigenvalue weighted by atomic mass is 79.9. The third-order valence-electron chi connectivity index (χ3n) is 7.35. The van der Waals surface area contributed by atoms with Crippen LogP contribution in [-0.2, 0) is 26.2 Å². The van der Waals surface area contributed by atoms with Gasteiger partial charge >= 0.3 is 0 Å². The lowest BCUT2D eigenvalue weighted by Crippen LogP contribution is -2.52. The first-order chi connectivity index (χ1) is 19.6. The highest BCUT2D eigenvalue weighted by Crippen LogP contribution is 2.32. The number of carbonyl (C=O) groups excluding carboxylic acids is 2. The van der Waals surface area contributed by atoms with Crippen LogP contribution in [0.15, 0.2) is 82.2 Å². The van der Waals surface area contributed by atoms with Crippen molar-refractivity contribution in [3.8, 4) is 5.75 Å². The number of amides is 2. The predicted molar refractivity (Wildman–Crippen MR) is 163 cm³/mol. The van der Waals surface area contributed by atoms with Gasteiger partial charge in [-0.05, 0) is 68.7 Å². The fourth-order valence-corrected chi connectivity index (χ4v) is 6.86. The number of ether oxygens (including phenoxy) is 1. The molecule has 41 heavy (non-hydrogen) atoms. The van der Waals surface area contributed by atoms with Crippen LogP contribution in [0.25, 0.3) is 0 Å². The Labute approximate surface area is 250 Å². The molecule has 1 aliphatic rings. The van der Waals surface area contributed by atoms with Crippen molar-refractivity contribution in [3.63, 3.8) is 0 Å². The van der Waals surface area contributed by atoms with Crippen molar-refractivity contribution in [2.45, 2.75) is 63.1 Å². The molecule has 1 atom stereocenters. The smallest absolute Gasteiger partial charge is 0.264 e. The quantitative estimate of drug-likeness (QED) is 0.301. The molecule has 0 aromatic heterocycles. The SMILES string of the molecule is COc1ccccc1N(CC(=O)N(Cc1cccc(Br)c1)C(C)C(=O)NC1CCCC1)S(=O)(=O)c1ccc(C)cc1. The topological polar surface area (TPSA) is 96.0 Å². The number of halogens is 1. The standard InChI is InChI=1S/C31H36BrN3O5S/c1-22-15-17-27(18-16-22)41(38,39)35(28-13-6-7-14-29(28)40-3)21-30(36)34(20-24-9-8-10-25(32)19-24)23(2)31(37)33-26-11-4-5-12-26/h6-10,13-19,23,26H,4-5,11-12,20-21H2,1-3H3,(H,33,37). The molecule has 218 valence electrons. The summed E-state index contributed by atoms with van der Waals surface area (Å²) in [5.41, 5.74) is 1.94. The van der Waals surface area contributed by atoms with Gasteiger partial charge in [-0.15, -0.1) is 0 Å². The predicted octanol–water partition coefficient (Wildman–Crippen LogP) is 5.44. The maximum Gasteiger partial charge on any atom is 0.264 e. The summed E-state index contributed by atoms with van der Waals surface area (Å²) >= 11 is 3.47. The van der Waals surface area contributed by atoms with E-state index in [1.165, 1.54) is 24.1 Å². The Morgan fingerprint density at radius 2 is 1.71 bits per heavy atom. The van der Waals surface area contributed by atoms with Gasteiger partial charge in [-0.3, -0.25) is 13.9 Å². The fraction of sp³-hybridized carbons (Fsp3) is 0.355. The van der Waals surface area contributed by atoms with E-state index >= 15 is 0 Å². The zero-order valence-electron chi connectivity index (χ0n) is 23.5. The van der Waals surface area contributed by atoms with E-state index in [1.807, 2.05) is 31.2 Å². The molecule has 1 fully saturated rings. The Balaban J connectivity index is 1.71. The number of sulfonamides is 1. The summed E-state index contributed by atoms with van der Waals surface area (Å²) in [7, 11) is -2.73. The summed E-state index contributed by atoms with van der Waals surface area (Å²) in [6.07, 6.45) is 3.94. The van der Waals surface area contributed by atoms with Gasteiger partial charge in [0.25, 0.3) is 10.0 Å². The molecular weight excluding hydrogens is 606 g/mol. The third kappa shape index (κ3) is 7.48. The number of hydrogen-bond donors (Lipinski definition) is 1. The third-order valence-corrected chi connectivity index (χ3v) is 9.62. The lowest BCUT2D eigenvalue weighted by molar-refractivity contribution is -0.139. The first-order valence-electron chi connectivity index (χ1n) is 13.7. The molecule has 1 N–H and O–H groups in total. The molecule has 10 heteroatoms. The average molecular weight is 643 g/mol. The Kier molecular flexibility index (Phi) is 10.1. The van der Waals surface area contributed by atoms with Crippen LogP contribution < -0.4 is 14.4 Å². The van der Waals surface area contributed by atoms with Crippen LogP contribution in [0.1, 0.15) is 43.7 Å². The van der Waals surface area contributed by atoms with E-state index in [-0.39, 0.29) is 29.1 Å². The average Bonchev–Trinajstić information content (AvgIpc) is 3.47. The lowest BCUT2D eigenvalue weighted by Gasteiger charge is -2.33. The summed E-state index contributed by atoms with van der Waals surface area (Å²) < 4.78 is 35.4. The van der Waals surface area contributed by atoms with Gasteiger partial charge in [-0.1, -0.05) is 70.7 Å².